The monoisotopic (exact) mass is 328 g/mol. The second-order valence-electron chi connectivity index (χ2n) is 4.61. The van der Waals surface area contributed by atoms with Crippen LogP contribution < -0.4 is 0 Å². The molecule has 130 valence electrons. The molecule has 0 saturated heterocycles. The molecular formula is C10H20N2O10. The number of rotatable bonds is 10. The number of nitrogens with zero attached hydrogens (tertiary/aromatic N) is 2. The van der Waals surface area contributed by atoms with E-state index in [1.54, 1.807) is 0 Å². The van der Waals surface area contributed by atoms with Crippen LogP contribution in [0.2, 0.25) is 0 Å². The van der Waals surface area contributed by atoms with E-state index in [2.05, 4.69) is 0 Å². The van der Waals surface area contributed by atoms with Gasteiger partial charge in [-0.15, -0.1) is 5.01 Å². The first-order valence-corrected chi connectivity index (χ1v) is 5.98. The SMILES string of the molecule is CC(C(=O)O)N(N(CC(=O)O)C(CO)(CO)CO)C(O)(O)O. The second-order valence-corrected chi connectivity index (χ2v) is 4.61. The largest absolute Gasteiger partial charge is 0.480 e. The molecule has 8 N–H and O–H groups in total. The lowest BCUT2D eigenvalue weighted by Crippen LogP contribution is -2.72. The van der Waals surface area contributed by atoms with E-state index in [0.29, 0.717) is 0 Å². The van der Waals surface area contributed by atoms with Gasteiger partial charge in [0.15, 0.2) is 0 Å². The highest BCUT2D eigenvalue weighted by atomic mass is 16.7. The topological polar surface area (TPSA) is 202 Å². The van der Waals surface area contributed by atoms with Crippen molar-refractivity contribution in [1.82, 2.24) is 10.0 Å². The maximum absolute atomic E-state index is 11.0. The van der Waals surface area contributed by atoms with Gasteiger partial charge in [0.05, 0.1) is 19.8 Å². The van der Waals surface area contributed by atoms with Gasteiger partial charge in [-0.3, -0.25) is 9.59 Å². The summed E-state index contributed by atoms with van der Waals surface area (Å²) in [7, 11) is 0. The van der Waals surface area contributed by atoms with Crippen LogP contribution in [0.15, 0.2) is 0 Å². The van der Waals surface area contributed by atoms with Crippen molar-refractivity contribution in [1.29, 1.82) is 0 Å². The van der Waals surface area contributed by atoms with Crippen LogP contribution in [0.4, 0.5) is 0 Å². The van der Waals surface area contributed by atoms with E-state index in [0.717, 1.165) is 6.92 Å². The maximum Gasteiger partial charge on any atom is 0.359 e. The summed E-state index contributed by atoms with van der Waals surface area (Å²) in [5.41, 5.74) is -2.18. The van der Waals surface area contributed by atoms with Crippen LogP contribution in [-0.4, -0.2) is 107 Å². The van der Waals surface area contributed by atoms with Gasteiger partial charge in [0.25, 0.3) is 0 Å². The molecule has 0 aliphatic carbocycles. The number of aliphatic hydroxyl groups excluding tert-OH is 3. The smallest absolute Gasteiger partial charge is 0.359 e. The van der Waals surface area contributed by atoms with E-state index in [1.165, 1.54) is 0 Å². The molecule has 0 aromatic carbocycles. The average Bonchev–Trinajstić information content (AvgIpc) is 2.38. The summed E-state index contributed by atoms with van der Waals surface area (Å²) < 4.78 is 0. The molecule has 0 rings (SSSR count). The lowest BCUT2D eigenvalue weighted by molar-refractivity contribution is -0.450. The fourth-order valence-electron chi connectivity index (χ4n) is 1.73. The standard InChI is InChI=1S/C10H20N2O10/c1-6(8(18)19)12(10(20,21)22)11(2-7(16)17)9(3-13,4-14)5-15/h6,13-15,20-22H,2-5H2,1H3,(H,16,17)(H,18,19). The van der Waals surface area contributed by atoms with Crippen molar-refractivity contribution < 1.29 is 50.4 Å². The Labute approximate surface area is 124 Å². The number of carboxylic acids is 2. The van der Waals surface area contributed by atoms with E-state index >= 15 is 0 Å². The van der Waals surface area contributed by atoms with Crippen molar-refractivity contribution in [2.24, 2.45) is 0 Å². The maximum atomic E-state index is 11.0. The van der Waals surface area contributed by atoms with E-state index in [4.69, 9.17) is 10.2 Å². The Balaban J connectivity index is 6.08. The third-order valence-corrected chi connectivity index (χ3v) is 3.01. The lowest BCUT2D eigenvalue weighted by atomic mass is 10.0. The number of carboxylic acid groups (broad SMARTS) is 2. The van der Waals surface area contributed by atoms with Gasteiger partial charge in [-0.2, -0.15) is 0 Å². The van der Waals surface area contributed by atoms with Gasteiger partial charge in [0, 0.05) is 0 Å². The van der Waals surface area contributed by atoms with Gasteiger partial charge in [-0.05, 0) is 6.92 Å². The second kappa shape index (κ2) is 7.75. The number of hydrogen-bond donors (Lipinski definition) is 8. The molecule has 0 spiro atoms. The Morgan fingerprint density at radius 3 is 1.64 bits per heavy atom. The molecule has 0 bridgehead atoms. The molecule has 0 amide bonds. The summed E-state index contributed by atoms with van der Waals surface area (Å²) in [5.74, 6) is -3.30. The summed E-state index contributed by atoms with van der Waals surface area (Å²) in [6.45, 7) is -3.52. The van der Waals surface area contributed by atoms with E-state index in [9.17, 15) is 40.2 Å². The number of aliphatic hydroxyl groups is 6. The molecular weight excluding hydrogens is 308 g/mol. The summed E-state index contributed by atoms with van der Waals surface area (Å²) >= 11 is 0. The number of carbonyl (C=O) groups is 2. The van der Waals surface area contributed by atoms with Crippen LogP contribution in [0.3, 0.4) is 0 Å². The zero-order valence-corrected chi connectivity index (χ0v) is 11.7. The van der Waals surface area contributed by atoms with Crippen LogP contribution in [0.1, 0.15) is 6.92 Å². The Hall–Kier alpha value is -1.38. The van der Waals surface area contributed by atoms with Gasteiger partial charge in [-0.25, -0.2) is 5.01 Å². The van der Waals surface area contributed by atoms with Gasteiger partial charge < -0.3 is 40.9 Å². The van der Waals surface area contributed by atoms with Crippen LogP contribution in [0.5, 0.6) is 0 Å². The van der Waals surface area contributed by atoms with Crippen molar-refractivity contribution in [3.05, 3.63) is 0 Å². The van der Waals surface area contributed by atoms with Gasteiger partial charge in [-0.1, -0.05) is 0 Å². The van der Waals surface area contributed by atoms with E-state index in [-0.39, 0.29) is 10.0 Å². The minimum atomic E-state index is -3.84. The van der Waals surface area contributed by atoms with E-state index in [1.807, 2.05) is 0 Å². The molecule has 0 aromatic rings. The molecule has 0 radical (unpaired) electrons. The highest BCUT2D eigenvalue weighted by Crippen LogP contribution is 2.24. The third-order valence-electron chi connectivity index (χ3n) is 3.01. The zero-order valence-electron chi connectivity index (χ0n) is 11.7. The first kappa shape index (κ1) is 20.6. The Kier molecular flexibility index (Phi) is 7.27. The van der Waals surface area contributed by atoms with Crippen LogP contribution in [0, 0.1) is 0 Å². The van der Waals surface area contributed by atoms with Crippen molar-refractivity contribution in [2.45, 2.75) is 24.6 Å². The predicted molar refractivity (Wildman–Crippen MR) is 66.7 cm³/mol. The quantitative estimate of drug-likeness (QED) is 0.141. The normalized spacial score (nSPS) is 14.4. The summed E-state index contributed by atoms with van der Waals surface area (Å²) in [5, 5.41) is 73.9. The Bertz CT molecular complexity index is 383. The molecule has 22 heavy (non-hydrogen) atoms. The molecule has 0 aliphatic heterocycles. The number of hydrazine groups is 1. The molecule has 1 unspecified atom stereocenters. The average molecular weight is 328 g/mol. The molecule has 0 saturated carbocycles. The zero-order chi connectivity index (χ0) is 17.7. The third kappa shape index (κ3) is 4.56. The van der Waals surface area contributed by atoms with Crippen LogP contribution in [0.25, 0.3) is 0 Å². The van der Waals surface area contributed by atoms with Crippen molar-refractivity contribution >= 4 is 11.9 Å². The van der Waals surface area contributed by atoms with Crippen molar-refractivity contribution in [3.63, 3.8) is 0 Å². The molecule has 0 aromatic heterocycles. The highest BCUT2D eigenvalue weighted by Gasteiger charge is 2.50. The Morgan fingerprint density at radius 2 is 1.41 bits per heavy atom. The summed E-state index contributed by atoms with van der Waals surface area (Å²) in [6.07, 6.45) is -3.84. The van der Waals surface area contributed by atoms with Crippen LogP contribution in [-0.2, 0) is 9.59 Å². The summed E-state index contributed by atoms with van der Waals surface area (Å²) in [6, 6.07) is -1.89. The first-order valence-electron chi connectivity index (χ1n) is 5.98. The fourth-order valence-corrected chi connectivity index (χ4v) is 1.73. The van der Waals surface area contributed by atoms with E-state index < -0.39 is 56.0 Å². The van der Waals surface area contributed by atoms with Gasteiger partial charge in [0.2, 0.25) is 0 Å². The Morgan fingerprint density at radius 1 is 1.00 bits per heavy atom. The predicted octanol–water partition coefficient (Wildman–Crippen LogP) is -4.63. The molecule has 1 atom stereocenters. The summed E-state index contributed by atoms with van der Waals surface area (Å²) in [4.78, 5) is 22.0. The lowest BCUT2D eigenvalue weighted by Gasteiger charge is -2.48. The molecule has 0 fully saturated rings. The number of hydrogen-bond acceptors (Lipinski definition) is 10. The molecule has 12 heteroatoms. The molecule has 12 nitrogen and oxygen atoms in total. The first-order chi connectivity index (χ1) is 9.96. The van der Waals surface area contributed by atoms with Gasteiger partial charge in [0.1, 0.15) is 18.1 Å². The fraction of sp³-hybridized carbons (Fsp3) is 0.800. The van der Waals surface area contributed by atoms with Crippen molar-refractivity contribution in [3.8, 4) is 0 Å². The van der Waals surface area contributed by atoms with Gasteiger partial charge >= 0.3 is 18.0 Å². The number of aliphatic carboxylic acids is 2. The molecule has 0 aliphatic rings. The van der Waals surface area contributed by atoms with Crippen molar-refractivity contribution in [2.75, 3.05) is 26.4 Å². The molecule has 0 heterocycles. The van der Waals surface area contributed by atoms with Crippen LogP contribution >= 0.6 is 0 Å². The minimum Gasteiger partial charge on any atom is -0.480 e. The highest BCUT2D eigenvalue weighted by molar-refractivity contribution is 5.73. The minimum absolute atomic E-state index is 0.0912.